The van der Waals surface area contributed by atoms with Gasteiger partial charge in [0, 0.05) is 18.2 Å². The summed E-state index contributed by atoms with van der Waals surface area (Å²) in [5.41, 5.74) is 11.4. The molecule has 0 saturated heterocycles. The number of carbonyl (C=O) groups excluding carboxylic acids is 1. The van der Waals surface area contributed by atoms with E-state index in [-0.39, 0.29) is 18.7 Å². The number of anilines is 1. The molecule has 0 amide bonds. The zero-order valence-corrected chi connectivity index (χ0v) is 6.66. The second-order valence-electron chi connectivity index (χ2n) is 2.47. The van der Waals surface area contributed by atoms with E-state index in [0.29, 0.717) is 5.82 Å². The minimum atomic E-state index is -0.0327. The molecule has 4 N–H and O–H groups in total. The molecule has 4 heteroatoms. The Balaban J connectivity index is 2.75. The number of hydrogen-bond acceptors (Lipinski definition) is 4. The van der Waals surface area contributed by atoms with Crippen LogP contribution in [-0.2, 0) is 11.2 Å². The number of Topliss-reactive ketones (excluding diaryl/α,β-unsaturated/α-hetero) is 1. The minimum absolute atomic E-state index is 0.0327. The molecule has 1 aromatic heterocycles. The molecule has 0 aromatic carbocycles. The summed E-state index contributed by atoms with van der Waals surface area (Å²) >= 11 is 0. The third-order valence-corrected chi connectivity index (χ3v) is 1.54. The fraction of sp³-hybridized carbons (Fsp3) is 0.250. The van der Waals surface area contributed by atoms with Crippen LogP contribution >= 0.6 is 0 Å². The van der Waals surface area contributed by atoms with E-state index in [9.17, 15) is 4.79 Å². The predicted molar refractivity (Wildman–Crippen MR) is 46.4 cm³/mol. The van der Waals surface area contributed by atoms with E-state index < -0.39 is 0 Å². The van der Waals surface area contributed by atoms with Crippen LogP contribution in [0.25, 0.3) is 0 Å². The molecule has 0 spiro atoms. The van der Waals surface area contributed by atoms with Gasteiger partial charge in [0.15, 0.2) is 5.78 Å². The van der Waals surface area contributed by atoms with Crippen LogP contribution in [0.15, 0.2) is 18.3 Å². The van der Waals surface area contributed by atoms with Crippen LogP contribution < -0.4 is 11.5 Å². The molecule has 0 saturated carbocycles. The first-order valence-electron chi connectivity index (χ1n) is 3.65. The Morgan fingerprint density at radius 2 is 2.33 bits per heavy atom. The highest BCUT2D eigenvalue weighted by molar-refractivity contribution is 5.83. The molecule has 4 nitrogen and oxygen atoms in total. The number of pyridine rings is 1. The molecule has 0 aliphatic carbocycles. The van der Waals surface area contributed by atoms with Gasteiger partial charge in [-0.15, -0.1) is 0 Å². The number of nitrogens with two attached hydrogens (primary N) is 2. The number of nitrogen functional groups attached to an aromatic ring is 1. The second-order valence-corrected chi connectivity index (χ2v) is 2.47. The van der Waals surface area contributed by atoms with Crippen molar-refractivity contribution in [2.45, 2.75) is 6.42 Å². The predicted octanol–water partition coefficient (Wildman–Crippen LogP) is -0.266. The Morgan fingerprint density at radius 1 is 1.58 bits per heavy atom. The quantitative estimate of drug-likeness (QED) is 0.646. The van der Waals surface area contributed by atoms with Gasteiger partial charge in [-0.1, -0.05) is 6.07 Å². The zero-order valence-electron chi connectivity index (χ0n) is 6.66. The number of hydrogen-bond donors (Lipinski definition) is 2. The smallest absolute Gasteiger partial charge is 0.150 e. The van der Waals surface area contributed by atoms with Crippen LogP contribution in [0.5, 0.6) is 0 Å². The van der Waals surface area contributed by atoms with E-state index in [2.05, 4.69) is 4.98 Å². The van der Waals surface area contributed by atoms with Crippen molar-refractivity contribution in [3.63, 3.8) is 0 Å². The third kappa shape index (κ3) is 2.03. The topological polar surface area (TPSA) is 82.0 Å². The van der Waals surface area contributed by atoms with Gasteiger partial charge in [-0.3, -0.25) is 4.79 Å². The number of nitrogens with zero attached hydrogens (tertiary/aromatic N) is 1. The Morgan fingerprint density at radius 3 is 2.92 bits per heavy atom. The molecule has 1 rings (SSSR count). The summed E-state index contributed by atoms with van der Waals surface area (Å²) in [6.07, 6.45) is 1.86. The van der Waals surface area contributed by atoms with Gasteiger partial charge in [-0.05, 0) is 6.07 Å². The summed E-state index contributed by atoms with van der Waals surface area (Å²) in [7, 11) is 0. The SMILES string of the molecule is NCC(=O)Cc1cccnc1N. The summed E-state index contributed by atoms with van der Waals surface area (Å²) in [6.45, 7) is 0.0499. The molecule has 0 atom stereocenters. The van der Waals surface area contributed by atoms with Gasteiger partial charge < -0.3 is 11.5 Å². The molecule has 0 aliphatic heterocycles. The van der Waals surface area contributed by atoms with Crippen LogP contribution in [0, 0.1) is 0 Å². The Hall–Kier alpha value is -1.42. The third-order valence-electron chi connectivity index (χ3n) is 1.54. The van der Waals surface area contributed by atoms with E-state index >= 15 is 0 Å². The molecule has 1 heterocycles. The molecular weight excluding hydrogens is 154 g/mol. The standard InChI is InChI=1S/C8H11N3O/c9-5-7(12)4-6-2-1-3-11-8(6)10/h1-3H,4-5,9H2,(H2,10,11). The molecule has 12 heavy (non-hydrogen) atoms. The van der Waals surface area contributed by atoms with Crippen LogP contribution in [0.1, 0.15) is 5.56 Å². The van der Waals surface area contributed by atoms with E-state index in [1.54, 1.807) is 18.3 Å². The average molecular weight is 165 g/mol. The first kappa shape index (κ1) is 8.67. The molecule has 0 fully saturated rings. The molecule has 0 radical (unpaired) electrons. The maximum atomic E-state index is 10.9. The maximum Gasteiger partial charge on any atom is 0.150 e. The van der Waals surface area contributed by atoms with E-state index in [4.69, 9.17) is 11.5 Å². The van der Waals surface area contributed by atoms with E-state index in [0.717, 1.165) is 5.56 Å². The molecular formula is C8H11N3O. The fourth-order valence-electron chi connectivity index (χ4n) is 0.885. The Labute approximate surface area is 70.6 Å². The van der Waals surface area contributed by atoms with Gasteiger partial charge in [-0.25, -0.2) is 4.98 Å². The summed E-state index contributed by atoms with van der Waals surface area (Å²) in [6, 6.07) is 3.52. The first-order chi connectivity index (χ1) is 5.74. The van der Waals surface area contributed by atoms with Crippen LogP contribution in [0.3, 0.4) is 0 Å². The van der Waals surface area contributed by atoms with Crippen molar-refractivity contribution in [1.82, 2.24) is 4.98 Å². The van der Waals surface area contributed by atoms with Crippen molar-refractivity contribution in [1.29, 1.82) is 0 Å². The first-order valence-corrected chi connectivity index (χ1v) is 3.65. The van der Waals surface area contributed by atoms with Gasteiger partial charge in [0.1, 0.15) is 5.82 Å². The van der Waals surface area contributed by atoms with Crippen LogP contribution in [0.2, 0.25) is 0 Å². The lowest BCUT2D eigenvalue weighted by Gasteiger charge is -2.01. The van der Waals surface area contributed by atoms with Gasteiger partial charge in [0.25, 0.3) is 0 Å². The highest BCUT2D eigenvalue weighted by atomic mass is 16.1. The van der Waals surface area contributed by atoms with E-state index in [1.807, 2.05) is 0 Å². The number of ketones is 1. The highest BCUT2D eigenvalue weighted by Crippen LogP contribution is 2.07. The summed E-state index contributed by atoms with van der Waals surface area (Å²) in [5, 5.41) is 0. The van der Waals surface area contributed by atoms with Gasteiger partial charge >= 0.3 is 0 Å². The highest BCUT2D eigenvalue weighted by Gasteiger charge is 2.03. The summed E-state index contributed by atoms with van der Waals surface area (Å²) in [5.74, 6) is 0.369. The van der Waals surface area contributed by atoms with Gasteiger partial charge in [0.2, 0.25) is 0 Å². The van der Waals surface area contributed by atoms with Crippen molar-refractivity contribution in [3.05, 3.63) is 23.9 Å². The van der Waals surface area contributed by atoms with Crippen molar-refractivity contribution in [2.24, 2.45) is 5.73 Å². The number of rotatable bonds is 3. The molecule has 0 aliphatic rings. The Kier molecular flexibility index (Phi) is 2.76. The lowest BCUT2D eigenvalue weighted by molar-refractivity contribution is -0.117. The summed E-state index contributed by atoms with van der Waals surface area (Å²) in [4.78, 5) is 14.8. The van der Waals surface area contributed by atoms with Crippen LogP contribution in [0.4, 0.5) is 5.82 Å². The fourth-order valence-corrected chi connectivity index (χ4v) is 0.885. The maximum absolute atomic E-state index is 10.9. The van der Waals surface area contributed by atoms with Gasteiger partial charge in [0.05, 0.1) is 6.54 Å². The van der Waals surface area contributed by atoms with Crippen molar-refractivity contribution < 1.29 is 4.79 Å². The second kappa shape index (κ2) is 3.82. The summed E-state index contributed by atoms with van der Waals surface area (Å²) < 4.78 is 0. The minimum Gasteiger partial charge on any atom is -0.383 e. The largest absolute Gasteiger partial charge is 0.383 e. The molecule has 1 aromatic rings. The lowest BCUT2D eigenvalue weighted by atomic mass is 10.1. The zero-order chi connectivity index (χ0) is 8.97. The monoisotopic (exact) mass is 165 g/mol. The molecule has 64 valence electrons. The van der Waals surface area contributed by atoms with Crippen molar-refractivity contribution >= 4 is 11.6 Å². The normalized spacial score (nSPS) is 9.75. The van der Waals surface area contributed by atoms with Gasteiger partial charge in [-0.2, -0.15) is 0 Å². The average Bonchev–Trinajstić information content (AvgIpc) is 2.09. The van der Waals surface area contributed by atoms with E-state index in [1.165, 1.54) is 0 Å². The molecule has 0 unspecified atom stereocenters. The Bertz CT molecular complexity index is 285. The molecule has 0 bridgehead atoms. The van der Waals surface area contributed by atoms with Crippen molar-refractivity contribution in [2.75, 3.05) is 12.3 Å². The number of aromatic nitrogens is 1. The van der Waals surface area contributed by atoms with Crippen LogP contribution in [-0.4, -0.2) is 17.3 Å². The lowest BCUT2D eigenvalue weighted by Crippen LogP contribution is -2.16. The van der Waals surface area contributed by atoms with Crippen molar-refractivity contribution in [3.8, 4) is 0 Å². The number of carbonyl (C=O) groups is 1.